The van der Waals surface area contributed by atoms with Crippen molar-refractivity contribution in [2.45, 2.75) is 50.0 Å². The van der Waals surface area contributed by atoms with Crippen LogP contribution in [-0.2, 0) is 19.6 Å². The molecule has 2 N–H and O–H groups in total. The number of anilines is 1. The van der Waals surface area contributed by atoms with Crippen molar-refractivity contribution < 1.29 is 23.1 Å². The molecular weight excluding hydrogens is 416 g/mol. The van der Waals surface area contributed by atoms with Crippen molar-refractivity contribution >= 4 is 21.7 Å². The Hall–Kier alpha value is -2.58. The highest BCUT2D eigenvalue weighted by molar-refractivity contribution is 7.92. The van der Waals surface area contributed by atoms with Crippen molar-refractivity contribution in [3.63, 3.8) is 0 Å². The maximum absolute atomic E-state index is 13.2. The first-order valence-electron chi connectivity index (χ1n) is 10.7. The number of nitrogens with one attached hydrogen (secondary N) is 1. The molecule has 0 aromatic heterocycles. The van der Waals surface area contributed by atoms with Crippen LogP contribution in [0.4, 0.5) is 5.69 Å². The highest BCUT2D eigenvalue weighted by Crippen LogP contribution is 2.43. The second-order valence-corrected chi connectivity index (χ2v) is 9.52. The molecule has 1 aliphatic rings. The fourth-order valence-corrected chi connectivity index (χ4v) is 5.43. The Balaban J connectivity index is 1.74. The maximum atomic E-state index is 13.2. The minimum Gasteiger partial charge on any atom is -0.506 e. The number of unbranched alkanes of at least 4 members (excludes halogenated alkanes) is 3. The van der Waals surface area contributed by atoms with Gasteiger partial charge in [0.15, 0.2) is 0 Å². The molecule has 31 heavy (non-hydrogen) atoms. The van der Waals surface area contributed by atoms with Crippen LogP contribution in [0, 0.1) is 0 Å². The molecule has 1 heterocycles. The lowest BCUT2D eigenvalue weighted by molar-refractivity contribution is -0.143. The monoisotopic (exact) mass is 446 g/mol. The van der Waals surface area contributed by atoms with Crippen molar-refractivity contribution in [1.82, 2.24) is 5.32 Å². The fraction of sp³-hybridized carbons (Fsp3) is 0.435. The molecule has 0 bridgehead atoms. The summed E-state index contributed by atoms with van der Waals surface area (Å²) in [5, 5.41) is 13.9. The number of aromatic hydroxyl groups is 1. The van der Waals surface area contributed by atoms with Crippen molar-refractivity contribution in [1.29, 1.82) is 0 Å². The van der Waals surface area contributed by atoms with Gasteiger partial charge in [0.1, 0.15) is 5.75 Å². The SMILES string of the molecule is CCOC(=O)CCCCCCNC1c2ccccc2S(=O)(=O)N(C)c2c(O)cccc21. The average Bonchev–Trinajstić information content (AvgIpc) is 2.81. The number of nitrogens with zero attached hydrogens (tertiary/aromatic N) is 1. The predicted octanol–water partition coefficient (Wildman–Crippen LogP) is 3.72. The standard InChI is InChI=1S/C23H30N2O5S/c1-3-30-21(27)15-6-4-5-9-16-24-22-17-11-7-8-14-20(17)31(28,29)25(2)23-18(22)12-10-13-19(23)26/h7-8,10-14,22,24,26H,3-6,9,15-16H2,1-2H3. The van der Waals surface area contributed by atoms with E-state index in [-0.39, 0.29) is 22.7 Å². The number of ether oxygens (including phenoxy) is 1. The van der Waals surface area contributed by atoms with Gasteiger partial charge < -0.3 is 15.2 Å². The zero-order chi connectivity index (χ0) is 22.4. The molecule has 3 rings (SSSR count). The molecule has 8 heteroatoms. The molecular formula is C23H30N2O5S. The molecule has 1 unspecified atom stereocenters. The van der Waals surface area contributed by atoms with Gasteiger partial charge in [0, 0.05) is 19.0 Å². The molecule has 2 aromatic carbocycles. The first-order valence-corrected chi connectivity index (χ1v) is 12.1. The topological polar surface area (TPSA) is 95.9 Å². The van der Waals surface area contributed by atoms with E-state index in [2.05, 4.69) is 5.32 Å². The molecule has 168 valence electrons. The number of hydrogen-bond donors (Lipinski definition) is 2. The third-order valence-corrected chi connectivity index (χ3v) is 7.33. The van der Waals surface area contributed by atoms with Crippen LogP contribution in [0.5, 0.6) is 5.75 Å². The normalized spacial score (nSPS) is 16.8. The number of rotatable bonds is 9. The zero-order valence-electron chi connectivity index (χ0n) is 18.0. The van der Waals surface area contributed by atoms with Crippen LogP contribution in [0.25, 0.3) is 0 Å². The Morgan fingerprint density at radius 1 is 1.06 bits per heavy atom. The molecule has 0 fully saturated rings. The Bertz CT molecular complexity index is 1020. The molecule has 0 amide bonds. The Morgan fingerprint density at radius 2 is 1.77 bits per heavy atom. The summed E-state index contributed by atoms with van der Waals surface area (Å²) in [4.78, 5) is 11.6. The molecule has 2 aromatic rings. The number of para-hydroxylation sites is 1. The summed E-state index contributed by atoms with van der Waals surface area (Å²) in [6.07, 6.45) is 4.00. The number of esters is 1. The number of fused-ring (bicyclic) bond motifs is 2. The van der Waals surface area contributed by atoms with E-state index in [4.69, 9.17) is 4.74 Å². The van der Waals surface area contributed by atoms with Crippen LogP contribution in [0.15, 0.2) is 47.4 Å². The molecule has 1 atom stereocenters. The third kappa shape index (κ3) is 5.02. The van der Waals surface area contributed by atoms with E-state index in [9.17, 15) is 18.3 Å². The van der Waals surface area contributed by atoms with Crippen molar-refractivity contribution in [3.05, 3.63) is 53.6 Å². The van der Waals surface area contributed by atoms with E-state index in [0.717, 1.165) is 35.6 Å². The van der Waals surface area contributed by atoms with Crippen LogP contribution in [0.2, 0.25) is 0 Å². The van der Waals surface area contributed by atoms with Gasteiger partial charge in [-0.3, -0.25) is 9.10 Å². The number of carbonyl (C=O) groups is 1. The third-order valence-electron chi connectivity index (χ3n) is 5.50. The molecule has 0 saturated heterocycles. The van der Waals surface area contributed by atoms with Crippen LogP contribution in [0.1, 0.15) is 56.2 Å². The van der Waals surface area contributed by atoms with E-state index in [1.165, 1.54) is 13.1 Å². The van der Waals surface area contributed by atoms with Gasteiger partial charge >= 0.3 is 5.97 Å². The molecule has 0 aliphatic carbocycles. The Morgan fingerprint density at radius 3 is 2.55 bits per heavy atom. The molecule has 1 aliphatic heterocycles. The lowest BCUT2D eigenvalue weighted by Gasteiger charge is -2.23. The predicted molar refractivity (Wildman–Crippen MR) is 120 cm³/mol. The molecule has 0 saturated carbocycles. The first-order chi connectivity index (χ1) is 14.9. The quantitative estimate of drug-likeness (QED) is 0.450. The van der Waals surface area contributed by atoms with E-state index < -0.39 is 10.0 Å². The van der Waals surface area contributed by atoms with E-state index >= 15 is 0 Å². The van der Waals surface area contributed by atoms with Gasteiger partial charge in [-0.2, -0.15) is 0 Å². The van der Waals surface area contributed by atoms with Gasteiger partial charge in [-0.05, 0) is 44.0 Å². The number of phenolic OH excluding ortho intramolecular Hbond substituents is 1. The zero-order valence-corrected chi connectivity index (χ0v) is 18.8. The van der Waals surface area contributed by atoms with Crippen molar-refractivity contribution in [3.8, 4) is 5.75 Å². The summed E-state index contributed by atoms with van der Waals surface area (Å²) in [5.74, 6) is -0.223. The molecule has 0 radical (unpaired) electrons. The van der Waals surface area contributed by atoms with Gasteiger partial charge in [0.2, 0.25) is 0 Å². The Labute approximate surface area is 184 Å². The molecule has 0 spiro atoms. The van der Waals surface area contributed by atoms with Gasteiger partial charge in [-0.1, -0.05) is 43.2 Å². The van der Waals surface area contributed by atoms with Crippen molar-refractivity contribution in [2.75, 3.05) is 24.5 Å². The van der Waals surface area contributed by atoms with Gasteiger partial charge in [0.25, 0.3) is 10.0 Å². The minimum absolute atomic E-state index is 0.0675. The number of phenols is 1. The Kier molecular flexibility index (Phi) is 7.56. The summed E-state index contributed by atoms with van der Waals surface area (Å²) in [6.45, 7) is 2.89. The number of carbonyl (C=O) groups excluding carboxylic acids is 1. The first kappa shape index (κ1) is 23.1. The van der Waals surface area contributed by atoms with E-state index in [1.807, 2.05) is 18.2 Å². The lowest BCUT2D eigenvalue weighted by Crippen LogP contribution is -2.26. The van der Waals surface area contributed by atoms with Gasteiger partial charge in [-0.25, -0.2) is 8.42 Å². The largest absolute Gasteiger partial charge is 0.506 e. The van der Waals surface area contributed by atoms with Crippen LogP contribution >= 0.6 is 0 Å². The average molecular weight is 447 g/mol. The summed E-state index contributed by atoms with van der Waals surface area (Å²) in [5.41, 5.74) is 1.69. The second-order valence-electron chi connectivity index (χ2n) is 7.58. The minimum atomic E-state index is -3.79. The maximum Gasteiger partial charge on any atom is 0.305 e. The van der Waals surface area contributed by atoms with Crippen LogP contribution in [-0.4, -0.2) is 39.7 Å². The summed E-state index contributed by atoms with van der Waals surface area (Å²) in [6, 6.07) is 11.7. The number of sulfonamides is 1. The van der Waals surface area contributed by atoms with E-state index in [1.54, 1.807) is 25.1 Å². The second kappa shape index (κ2) is 10.2. The van der Waals surface area contributed by atoms with E-state index in [0.29, 0.717) is 30.8 Å². The van der Waals surface area contributed by atoms with Crippen LogP contribution in [0.3, 0.4) is 0 Å². The highest BCUT2D eigenvalue weighted by Gasteiger charge is 2.35. The number of benzene rings is 2. The lowest BCUT2D eigenvalue weighted by atomic mass is 9.96. The number of hydrogen-bond acceptors (Lipinski definition) is 6. The summed E-state index contributed by atoms with van der Waals surface area (Å²) in [7, 11) is -2.32. The van der Waals surface area contributed by atoms with Gasteiger partial charge in [0.05, 0.1) is 23.2 Å². The summed E-state index contributed by atoms with van der Waals surface area (Å²) >= 11 is 0. The smallest absolute Gasteiger partial charge is 0.305 e. The molecule has 7 nitrogen and oxygen atoms in total. The van der Waals surface area contributed by atoms with Crippen LogP contribution < -0.4 is 9.62 Å². The van der Waals surface area contributed by atoms with Gasteiger partial charge in [-0.15, -0.1) is 0 Å². The fourth-order valence-electron chi connectivity index (χ4n) is 3.96. The summed E-state index contributed by atoms with van der Waals surface area (Å²) < 4.78 is 32.5. The highest BCUT2D eigenvalue weighted by atomic mass is 32.2. The van der Waals surface area contributed by atoms with Crippen molar-refractivity contribution in [2.24, 2.45) is 0 Å².